The van der Waals surface area contributed by atoms with Crippen LogP contribution in [0.2, 0.25) is 0 Å². The molecule has 1 aliphatic carbocycles. The number of nitrogens with zero attached hydrogens (tertiary/aromatic N) is 1. The number of allylic oxidation sites excluding steroid dienone is 2. The van der Waals surface area contributed by atoms with Gasteiger partial charge in [0, 0.05) is 13.2 Å². The Bertz CT molecular complexity index is 421. The zero-order valence-corrected chi connectivity index (χ0v) is 14.6. The van der Waals surface area contributed by atoms with Crippen molar-refractivity contribution in [3.63, 3.8) is 0 Å². The topological polar surface area (TPSA) is 48.0 Å². The SMILES string of the molecule is CCOC1C=CC=C(OCCN(C)C)C1C(=O)OC(C)(C)C. The smallest absolute Gasteiger partial charge is 0.320 e. The Balaban J connectivity index is 2.83. The summed E-state index contributed by atoms with van der Waals surface area (Å²) in [4.78, 5) is 14.6. The molecular weight excluding hydrogens is 282 g/mol. The Morgan fingerprint density at radius 3 is 2.55 bits per heavy atom. The molecule has 0 aromatic heterocycles. The van der Waals surface area contributed by atoms with E-state index in [0.717, 1.165) is 6.54 Å². The fourth-order valence-electron chi connectivity index (χ4n) is 2.08. The number of likely N-dealkylation sites (N-methyl/N-ethyl adjacent to an activating group) is 1. The van der Waals surface area contributed by atoms with Gasteiger partial charge in [0.2, 0.25) is 0 Å². The fourth-order valence-corrected chi connectivity index (χ4v) is 2.08. The van der Waals surface area contributed by atoms with E-state index < -0.39 is 11.5 Å². The van der Waals surface area contributed by atoms with Crippen LogP contribution in [-0.4, -0.2) is 56.4 Å². The average molecular weight is 311 g/mol. The van der Waals surface area contributed by atoms with Gasteiger partial charge in [-0.05, 0) is 47.9 Å². The van der Waals surface area contributed by atoms with Gasteiger partial charge in [0.15, 0.2) is 0 Å². The summed E-state index contributed by atoms with van der Waals surface area (Å²) >= 11 is 0. The average Bonchev–Trinajstić information content (AvgIpc) is 2.36. The molecule has 0 saturated carbocycles. The van der Waals surface area contributed by atoms with Crippen LogP contribution in [0, 0.1) is 5.92 Å². The van der Waals surface area contributed by atoms with Gasteiger partial charge in [0.05, 0.1) is 6.10 Å². The number of ether oxygens (including phenoxy) is 3. The van der Waals surface area contributed by atoms with Crippen molar-refractivity contribution in [1.29, 1.82) is 0 Å². The van der Waals surface area contributed by atoms with E-state index in [-0.39, 0.29) is 12.1 Å². The number of hydrogen-bond acceptors (Lipinski definition) is 5. The normalized spacial score (nSPS) is 21.7. The van der Waals surface area contributed by atoms with Crippen molar-refractivity contribution in [2.75, 3.05) is 33.9 Å². The highest BCUT2D eigenvalue weighted by Crippen LogP contribution is 2.27. The molecule has 0 heterocycles. The van der Waals surface area contributed by atoms with E-state index in [9.17, 15) is 4.79 Å². The zero-order valence-electron chi connectivity index (χ0n) is 14.6. The molecule has 5 heteroatoms. The third kappa shape index (κ3) is 6.20. The summed E-state index contributed by atoms with van der Waals surface area (Å²) in [7, 11) is 3.96. The van der Waals surface area contributed by atoms with Crippen LogP contribution in [0.4, 0.5) is 0 Å². The molecule has 22 heavy (non-hydrogen) atoms. The maximum Gasteiger partial charge on any atom is 0.320 e. The van der Waals surface area contributed by atoms with Crippen molar-refractivity contribution >= 4 is 5.97 Å². The van der Waals surface area contributed by atoms with Crippen LogP contribution < -0.4 is 0 Å². The van der Waals surface area contributed by atoms with Crippen molar-refractivity contribution in [2.45, 2.75) is 39.4 Å². The Morgan fingerprint density at radius 2 is 2.00 bits per heavy atom. The quantitative estimate of drug-likeness (QED) is 0.676. The highest BCUT2D eigenvalue weighted by Gasteiger charge is 2.37. The summed E-state index contributed by atoms with van der Waals surface area (Å²) in [6.07, 6.45) is 5.21. The Hall–Kier alpha value is -1.33. The molecule has 0 N–H and O–H groups in total. The van der Waals surface area contributed by atoms with Gasteiger partial charge in [-0.15, -0.1) is 0 Å². The summed E-state index contributed by atoms with van der Waals surface area (Å²) in [5.41, 5.74) is -0.538. The summed E-state index contributed by atoms with van der Waals surface area (Å²) in [6.45, 7) is 9.30. The minimum absolute atomic E-state index is 0.314. The Labute approximate surface area is 133 Å². The highest BCUT2D eigenvalue weighted by molar-refractivity contribution is 5.77. The lowest BCUT2D eigenvalue weighted by Gasteiger charge is -2.30. The standard InChI is InChI=1S/C17H29NO4/c1-7-20-13-9-8-10-14(21-12-11-18(5)6)15(13)16(19)22-17(2,3)4/h8-10,13,15H,7,11-12H2,1-6H3. The van der Waals surface area contributed by atoms with E-state index in [1.165, 1.54) is 0 Å². The molecule has 0 bridgehead atoms. The summed E-state index contributed by atoms with van der Waals surface area (Å²) in [5, 5.41) is 0. The Morgan fingerprint density at radius 1 is 1.32 bits per heavy atom. The van der Waals surface area contributed by atoms with Gasteiger partial charge in [-0.2, -0.15) is 0 Å². The van der Waals surface area contributed by atoms with E-state index in [1.807, 2.05) is 64.9 Å². The molecule has 0 aromatic carbocycles. The van der Waals surface area contributed by atoms with Crippen molar-refractivity contribution in [2.24, 2.45) is 5.92 Å². The molecule has 2 unspecified atom stereocenters. The number of esters is 1. The molecular formula is C17H29NO4. The highest BCUT2D eigenvalue weighted by atomic mass is 16.6. The molecule has 0 aliphatic heterocycles. The monoisotopic (exact) mass is 311 g/mol. The van der Waals surface area contributed by atoms with Crippen molar-refractivity contribution in [1.82, 2.24) is 4.90 Å². The van der Waals surface area contributed by atoms with Crippen LogP contribution in [0.3, 0.4) is 0 Å². The molecule has 1 aliphatic rings. The lowest BCUT2D eigenvalue weighted by Crippen LogP contribution is -2.38. The van der Waals surface area contributed by atoms with E-state index in [1.54, 1.807) is 0 Å². The van der Waals surface area contributed by atoms with Crippen LogP contribution in [0.25, 0.3) is 0 Å². The van der Waals surface area contributed by atoms with Gasteiger partial charge in [-0.3, -0.25) is 4.79 Å². The van der Waals surface area contributed by atoms with Crippen molar-refractivity contribution in [3.8, 4) is 0 Å². The number of carbonyl (C=O) groups excluding carboxylic acids is 1. The van der Waals surface area contributed by atoms with Gasteiger partial charge in [-0.1, -0.05) is 12.2 Å². The lowest BCUT2D eigenvalue weighted by atomic mass is 9.95. The van der Waals surface area contributed by atoms with Gasteiger partial charge in [-0.25, -0.2) is 0 Å². The van der Waals surface area contributed by atoms with Crippen LogP contribution in [0.1, 0.15) is 27.7 Å². The van der Waals surface area contributed by atoms with Crippen molar-refractivity contribution in [3.05, 3.63) is 24.0 Å². The molecule has 0 aromatic rings. The first kappa shape index (κ1) is 18.7. The molecule has 5 nitrogen and oxygen atoms in total. The van der Waals surface area contributed by atoms with Gasteiger partial charge < -0.3 is 19.1 Å². The van der Waals surface area contributed by atoms with E-state index in [0.29, 0.717) is 19.0 Å². The molecule has 1 rings (SSSR count). The predicted octanol–water partition coefficient (Wildman–Crippen LogP) is 2.38. The van der Waals surface area contributed by atoms with Crippen LogP contribution in [-0.2, 0) is 19.0 Å². The summed E-state index contributed by atoms with van der Waals surface area (Å²) in [5.74, 6) is -0.255. The summed E-state index contributed by atoms with van der Waals surface area (Å²) < 4.78 is 17.0. The first-order valence-corrected chi connectivity index (χ1v) is 7.75. The number of hydrogen-bond donors (Lipinski definition) is 0. The first-order valence-electron chi connectivity index (χ1n) is 7.75. The maximum atomic E-state index is 12.5. The molecule has 126 valence electrons. The van der Waals surface area contributed by atoms with Crippen LogP contribution in [0.15, 0.2) is 24.0 Å². The van der Waals surface area contributed by atoms with Gasteiger partial charge >= 0.3 is 5.97 Å². The van der Waals surface area contributed by atoms with E-state index >= 15 is 0 Å². The van der Waals surface area contributed by atoms with Crippen LogP contribution in [0.5, 0.6) is 0 Å². The largest absolute Gasteiger partial charge is 0.496 e. The molecule has 0 saturated heterocycles. The maximum absolute atomic E-state index is 12.5. The van der Waals surface area contributed by atoms with Gasteiger partial charge in [0.25, 0.3) is 0 Å². The third-order valence-electron chi connectivity index (χ3n) is 3.02. The fraction of sp³-hybridized carbons (Fsp3) is 0.706. The second kappa shape index (κ2) is 8.34. The predicted molar refractivity (Wildman–Crippen MR) is 86.5 cm³/mol. The minimum atomic E-state index is -0.550. The second-order valence-corrected chi connectivity index (χ2v) is 6.54. The van der Waals surface area contributed by atoms with E-state index in [2.05, 4.69) is 0 Å². The first-order chi connectivity index (χ1) is 10.2. The second-order valence-electron chi connectivity index (χ2n) is 6.54. The molecule has 0 amide bonds. The minimum Gasteiger partial charge on any atom is -0.496 e. The molecule has 0 spiro atoms. The molecule has 0 fully saturated rings. The van der Waals surface area contributed by atoms with Crippen molar-refractivity contribution < 1.29 is 19.0 Å². The number of carbonyl (C=O) groups is 1. The third-order valence-corrected chi connectivity index (χ3v) is 3.02. The van der Waals surface area contributed by atoms with Crippen LogP contribution >= 0.6 is 0 Å². The zero-order chi connectivity index (χ0) is 16.8. The molecule has 0 radical (unpaired) electrons. The Kier molecular flexibility index (Phi) is 7.10. The lowest BCUT2D eigenvalue weighted by molar-refractivity contribution is -0.164. The molecule has 2 atom stereocenters. The van der Waals surface area contributed by atoms with Gasteiger partial charge in [0.1, 0.15) is 23.9 Å². The number of rotatable bonds is 7. The van der Waals surface area contributed by atoms with E-state index in [4.69, 9.17) is 14.2 Å². The summed E-state index contributed by atoms with van der Waals surface area (Å²) in [6, 6.07) is 0.